The second-order valence-corrected chi connectivity index (χ2v) is 6.66. The van der Waals surface area contributed by atoms with E-state index < -0.39 is 15.5 Å². The van der Waals surface area contributed by atoms with Gasteiger partial charge in [-0.15, -0.1) is 0 Å². The van der Waals surface area contributed by atoms with Crippen molar-refractivity contribution in [1.82, 2.24) is 0 Å². The summed E-state index contributed by atoms with van der Waals surface area (Å²) in [5, 5.41) is 0. The van der Waals surface area contributed by atoms with Crippen LogP contribution in [0.25, 0.3) is 0 Å². The molecule has 21 heavy (non-hydrogen) atoms. The zero-order valence-electron chi connectivity index (χ0n) is 11.3. The van der Waals surface area contributed by atoms with Gasteiger partial charge in [0, 0.05) is 6.42 Å². The maximum Gasteiger partial charge on any atom is 0.278 e. The highest BCUT2D eigenvalue weighted by Crippen LogP contribution is 2.42. The van der Waals surface area contributed by atoms with Crippen molar-refractivity contribution in [3.8, 4) is 5.75 Å². The Morgan fingerprint density at radius 1 is 1.05 bits per heavy atom. The van der Waals surface area contributed by atoms with E-state index in [0.29, 0.717) is 17.1 Å². The highest BCUT2D eigenvalue weighted by Gasteiger charge is 2.40. The molecule has 0 saturated carbocycles. The maximum atomic E-state index is 12.8. The van der Waals surface area contributed by atoms with E-state index in [1.165, 1.54) is 4.31 Å². The fraction of sp³-hybridized carbons (Fsp3) is 0.200. The number of hydrogen-bond donors (Lipinski definition) is 1. The molecule has 0 radical (unpaired) electrons. The van der Waals surface area contributed by atoms with Crippen LogP contribution in [-0.2, 0) is 10.0 Å². The number of nitrogens with two attached hydrogens (primary N) is 1. The summed E-state index contributed by atoms with van der Waals surface area (Å²) in [5.74, 6) is 0.551. The molecule has 0 saturated heterocycles. The first-order chi connectivity index (χ1) is 10.1. The monoisotopic (exact) mass is 304 g/mol. The van der Waals surface area contributed by atoms with Crippen molar-refractivity contribution in [2.45, 2.75) is 11.9 Å². The molecular formula is C15H16N2O3S. The molecule has 1 atom stereocenters. The number of anilines is 2. The Morgan fingerprint density at radius 2 is 1.71 bits per heavy atom. The van der Waals surface area contributed by atoms with Gasteiger partial charge in [-0.05, 0) is 30.8 Å². The zero-order chi connectivity index (χ0) is 14.9. The third-order valence-corrected chi connectivity index (χ3v) is 5.24. The first kappa shape index (κ1) is 13.9. The third-order valence-electron chi connectivity index (χ3n) is 3.32. The fourth-order valence-electron chi connectivity index (χ4n) is 2.38. The molecule has 6 heteroatoms. The molecule has 0 bridgehead atoms. The van der Waals surface area contributed by atoms with Crippen LogP contribution in [0.3, 0.4) is 0 Å². The maximum absolute atomic E-state index is 12.8. The van der Waals surface area contributed by atoms with Crippen LogP contribution in [-0.4, -0.2) is 20.4 Å². The molecule has 110 valence electrons. The molecule has 1 aliphatic rings. The number of fused-ring (bicyclic) bond motifs is 1. The van der Waals surface area contributed by atoms with Crippen LogP contribution in [0.1, 0.15) is 6.42 Å². The van der Waals surface area contributed by atoms with Crippen molar-refractivity contribution in [1.29, 1.82) is 0 Å². The van der Waals surface area contributed by atoms with Crippen LogP contribution in [0.2, 0.25) is 0 Å². The smallest absolute Gasteiger partial charge is 0.278 e. The first-order valence-electron chi connectivity index (χ1n) is 6.69. The van der Waals surface area contributed by atoms with Crippen LogP contribution >= 0.6 is 0 Å². The summed E-state index contributed by atoms with van der Waals surface area (Å²) >= 11 is 0. The first-order valence-corrected chi connectivity index (χ1v) is 8.20. The number of ether oxygens (including phenoxy) is 1. The molecule has 0 aromatic heterocycles. The number of rotatable bonds is 3. The van der Waals surface area contributed by atoms with Crippen LogP contribution in [0, 0.1) is 0 Å². The molecule has 2 N–H and O–H groups in total. The minimum absolute atomic E-state index is 0.245. The largest absolute Gasteiger partial charge is 0.470 e. The Labute approximate surface area is 124 Å². The summed E-state index contributed by atoms with van der Waals surface area (Å²) in [6, 6.07) is 16.1. The summed E-state index contributed by atoms with van der Waals surface area (Å²) in [6.07, 6.45) is 0.250. The second-order valence-electron chi connectivity index (χ2n) is 4.74. The van der Waals surface area contributed by atoms with Gasteiger partial charge in [-0.2, -0.15) is 0 Å². The summed E-state index contributed by atoms with van der Waals surface area (Å²) in [7, 11) is -3.66. The number of nitrogens with zero attached hydrogens (tertiary/aromatic N) is 1. The molecule has 1 unspecified atom stereocenters. The topological polar surface area (TPSA) is 72.6 Å². The molecule has 2 aromatic carbocycles. The molecule has 0 aliphatic carbocycles. The van der Waals surface area contributed by atoms with Crippen molar-refractivity contribution < 1.29 is 13.2 Å². The molecular weight excluding hydrogens is 288 g/mol. The van der Waals surface area contributed by atoms with E-state index in [0.717, 1.165) is 0 Å². The number of hydrogen-bond acceptors (Lipinski definition) is 4. The van der Waals surface area contributed by atoms with Crippen molar-refractivity contribution in [2.24, 2.45) is 5.73 Å². The molecule has 3 rings (SSSR count). The minimum Gasteiger partial charge on any atom is -0.470 e. The van der Waals surface area contributed by atoms with E-state index in [-0.39, 0.29) is 13.0 Å². The van der Waals surface area contributed by atoms with Crippen LogP contribution < -0.4 is 14.8 Å². The van der Waals surface area contributed by atoms with E-state index in [1.54, 1.807) is 42.5 Å². The van der Waals surface area contributed by atoms with Gasteiger partial charge in [-0.1, -0.05) is 30.3 Å². The zero-order valence-corrected chi connectivity index (χ0v) is 12.2. The van der Waals surface area contributed by atoms with Crippen molar-refractivity contribution in [2.75, 3.05) is 10.8 Å². The van der Waals surface area contributed by atoms with Crippen LogP contribution in [0.5, 0.6) is 5.75 Å². The second kappa shape index (κ2) is 5.38. The average Bonchev–Trinajstić information content (AvgIpc) is 2.49. The molecule has 1 aliphatic heterocycles. The van der Waals surface area contributed by atoms with Gasteiger partial charge in [0.25, 0.3) is 10.0 Å². The van der Waals surface area contributed by atoms with Gasteiger partial charge in [-0.3, -0.25) is 0 Å². The average molecular weight is 304 g/mol. The van der Waals surface area contributed by atoms with Gasteiger partial charge >= 0.3 is 0 Å². The summed E-state index contributed by atoms with van der Waals surface area (Å²) in [5.41, 5.74) is 5.68. The standard InChI is InChI=1S/C15H16N2O3S/c16-11-10-15-20-14-9-5-4-8-13(14)17(21(15,18)19)12-6-2-1-3-7-12/h1-9,15H,10-11,16H2. The summed E-state index contributed by atoms with van der Waals surface area (Å²) in [6.45, 7) is 0.245. The lowest BCUT2D eigenvalue weighted by Crippen LogP contribution is -2.43. The lowest BCUT2D eigenvalue weighted by Gasteiger charge is -2.35. The van der Waals surface area contributed by atoms with E-state index >= 15 is 0 Å². The fourth-order valence-corrected chi connectivity index (χ4v) is 4.11. The molecule has 0 spiro atoms. The highest BCUT2D eigenvalue weighted by atomic mass is 32.2. The summed E-state index contributed by atoms with van der Waals surface area (Å²) in [4.78, 5) is 0. The predicted molar refractivity (Wildman–Crippen MR) is 82.0 cm³/mol. The molecule has 1 heterocycles. The predicted octanol–water partition coefficient (Wildman–Crippen LogP) is 2.22. The van der Waals surface area contributed by atoms with Gasteiger partial charge in [0.15, 0.2) is 0 Å². The van der Waals surface area contributed by atoms with Crippen LogP contribution in [0.15, 0.2) is 54.6 Å². The van der Waals surface area contributed by atoms with E-state index in [2.05, 4.69) is 0 Å². The third kappa shape index (κ3) is 2.36. The van der Waals surface area contributed by atoms with Crippen molar-refractivity contribution in [3.63, 3.8) is 0 Å². The summed E-state index contributed by atoms with van der Waals surface area (Å²) < 4.78 is 32.6. The van der Waals surface area contributed by atoms with Crippen LogP contribution in [0.4, 0.5) is 11.4 Å². The molecule has 0 fully saturated rings. The Kier molecular flexibility index (Phi) is 3.57. The Bertz CT molecular complexity index is 732. The highest BCUT2D eigenvalue weighted by molar-refractivity contribution is 7.93. The van der Waals surface area contributed by atoms with E-state index in [1.807, 2.05) is 12.1 Å². The number of benzene rings is 2. The lowest BCUT2D eigenvalue weighted by molar-refractivity contribution is 0.261. The van der Waals surface area contributed by atoms with Gasteiger partial charge in [0.05, 0.1) is 11.4 Å². The van der Waals surface area contributed by atoms with Gasteiger partial charge in [0.1, 0.15) is 5.75 Å². The Hall–Kier alpha value is -2.05. The molecule has 0 amide bonds. The normalized spacial score (nSPS) is 19.7. The lowest BCUT2D eigenvalue weighted by atomic mass is 10.2. The Balaban J connectivity index is 2.19. The van der Waals surface area contributed by atoms with Gasteiger partial charge in [-0.25, -0.2) is 12.7 Å². The number of para-hydroxylation sites is 3. The SMILES string of the molecule is NCCC1Oc2ccccc2N(c2ccccc2)S1(=O)=O. The van der Waals surface area contributed by atoms with Gasteiger partial charge in [0.2, 0.25) is 5.44 Å². The van der Waals surface area contributed by atoms with Gasteiger partial charge < -0.3 is 10.5 Å². The Morgan fingerprint density at radius 3 is 2.43 bits per heavy atom. The number of sulfonamides is 1. The van der Waals surface area contributed by atoms with E-state index in [9.17, 15) is 8.42 Å². The van der Waals surface area contributed by atoms with Crippen molar-refractivity contribution in [3.05, 3.63) is 54.6 Å². The molecule has 5 nitrogen and oxygen atoms in total. The molecule has 2 aromatic rings. The van der Waals surface area contributed by atoms with E-state index in [4.69, 9.17) is 10.5 Å². The quantitative estimate of drug-likeness (QED) is 0.943. The minimum atomic E-state index is -3.66. The van der Waals surface area contributed by atoms with Crippen molar-refractivity contribution >= 4 is 21.4 Å².